The summed E-state index contributed by atoms with van der Waals surface area (Å²) in [4.78, 5) is 38.3. The van der Waals surface area contributed by atoms with Crippen molar-refractivity contribution in [2.75, 3.05) is 13.2 Å². The van der Waals surface area contributed by atoms with Crippen molar-refractivity contribution in [3.05, 3.63) is 97.2 Å². The number of esters is 3. The van der Waals surface area contributed by atoms with Crippen LogP contribution < -0.4 is 0 Å². The average Bonchev–Trinajstić information content (AvgIpc) is 3.44. The Bertz CT molecular complexity index is 1530. The first-order valence-corrected chi connectivity index (χ1v) is 33.2. The molecule has 0 fully saturated rings. The van der Waals surface area contributed by atoms with Crippen molar-refractivity contribution in [3.63, 3.8) is 0 Å². The molecule has 1 atom stereocenters. The van der Waals surface area contributed by atoms with Gasteiger partial charge in [-0.25, -0.2) is 0 Å². The average molecular weight is 1090 g/mol. The van der Waals surface area contributed by atoms with E-state index in [4.69, 9.17) is 14.2 Å². The molecule has 0 aromatic rings. The van der Waals surface area contributed by atoms with Gasteiger partial charge in [-0.15, -0.1) is 0 Å². The monoisotopic (exact) mass is 1080 g/mol. The quantitative estimate of drug-likeness (QED) is 0.0261. The summed E-state index contributed by atoms with van der Waals surface area (Å²) in [7, 11) is 0. The first kappa shape index (κ1) is 74.3. The summed E-state index contributed by atoms with van der Waals surface area (Å²) in [6.07, 6.45) is 88.6. The van der Waals surface area contributed by atoms with Crippen LogP contribution in [0.1, 0.15) is 323 Å². The Balaban J connectivity index is 4.22. The molecule has 448 valence electrons. The summed E-state index contributed by atoms with van der Waals surface area (Å²) in [6.45, 7) is 6.48. The fourth-order valence-electron chi connectivity index (χ4n) is 9.32. The predicted octanol–water partition coefficient (Wildman–Crippen LogP) is 22.8. The largest absolute Gasteiger partial charge is 0.462 e. The summed E-state index contributed by atoms with van der Waals surface area (Å²) in [5, 5.41) is 0. The normalized spacial score (nSPS) is 12.7. The Hall–Kier alpha value is -3.67. The second-order valence-electron chi connectivity index (χ2n) is 22.0. The highest BCUT2D eigenvalue weighted by Crippen LogP contribution is 2.16. The van der Waals surface area contributed by atoms with E-state index in [1.54, 1.807) is 0 Å². The van der Waals surface area contributed by atoms with Crippen LogP contribution >= 0.6 is 0 Å². The zero-order chi connectivity index (χ0) is 56.4. The molecule has 78 heavy (non-hydrogen) atoms. The molecule has 0 spiro atoms. The maximum atomic E-state index is 12.9. The third kappa shape index (κ3) is 63.2. The van der Waals surface area contributed by atoms with Crippen molar-refractivity contribution >= 4 is 17.9 Å². The van der Waals surface area contributed by atoms with Gasteiger partial charge in [0.15, 0.2) is 6.10 Å². The zero-order valence-electron chi connectivity index (χ0n) is 51.4. The van der Waals surface area contributed by atoms with Crippen molar-refractivity contribution in [2.45, 2.75) is 329 Å². The highest BCUT2D eigenvalue weighted by Gasteiger charge is 2.19. The molecular weight excluding hydrogens is 961 g/mol. The Morgan fingerprint density at radius 1 is 0.269 bits per heavy atom. The lowest BCUT2D eigenvalue weighted by molar-refractivity contribution is -0.167. The van der Waals surface area contributed by atoms with Crippen LogP contribution in [0.25, 0.3) is 0 Å². The van der Waals surface area contributed by atoms with Gasteiger partial charge in [-0.2, -0.15) is 0 Å². The minimum absolute atomic E-state index is 0.0914. The summed E-state index contributed by atoms with van der Waals surface area (Å²) in [5.74, 6) is -0.927. The Morgan fingerprint density at radius 2 is 0.500 bits per heavy atom. The lowest BCUT2D eigenvalue weighted by Gasteiger charge is -2.18. The number of rotatable bonds is 60. The molecular formula is C72H124O6. The molecule has 0 rings (SSSR count). The molecule has 0 amide bonds. The van der Waals surface area contributed by atoms with Crippen LogP contribution in [0.15, 0.2) is 97.2 Å². The van der Waals surface area contributed by atoms with E-state index in [2.05, 4.69) is 118 Å². The lowest BCUT2D eigenvalue weighted by Crippen LogP contribution is -2.30. The highest BCUT2D eigenvalue weighted by atomic mass is 16.6. The van der Waals surface area contributed by atoms with Crippen LogP contribution in [0.4, 0.5) is 0 Å². The van der Waals surface area contributed by atoms with E-state index >= 15 is 0 Å². The number of hydrogen-bond donors (Lipinski definition) is 0. The molecule has 0 saturated heterocycles. The molecule has 0 bridgehead atoms. The van der Waals surface area contributed by atoms with E-state index in [-0.39, 0.29) is 31.1 Å². The van der Waals surface area contributed by atoms with Gasteiger partial charge in [0, 0.05) is 19.3 Å². The van der Waals surface area contributed by atoms with Gasteiger partial charge in [0.25, 0.3) is 0 Å². The number of allylic oxidation sites excluding steroid dienone is 16. The SMILES string of the molecule is CC/C=C\C/C=C\C/C=C\CCCCCC(=O)OCC(COC(=O)CCCCCCCCCCCCCCCCCC/C=C\C/C=C\C/C=C\CCCCCCC)OC(=O)CCCCCCC/C=C\C/C=C\CCCCCC. The topological polar surface area (TPSA) is 78.9 Å². The predicted molar refractivity (Wildman–Crippen MR) is 339 cm³/mol. The van der Waals surface area contributed by atoms with E-state index in [0.29, 0.717) is 19.3 Å². The first-order chi connectivity index (χ1) is 38.5. The molecule has 0 aromatic carbocycles. The summed E-state index contributed by atoms with van der Waals surface area (Å²) >= 11 is 0. The second kappa shape index (κ2) is 65.8. The summed E-state index contributed by atoms with van der Waals surface area (Å²) in [6, 6.07) is 0. The van der Waals surface area contributed by atoms with Gasteiger partial charge in [-0.05, 0) is 122 Å². The molecule has 0 N–H and O–H groups in total. The van der Waals surface area contributed by atoms with Gasteiger partial charge >= 0.3 is 17.9 Å². The maximum absolute atomic E-state index is 12.9. The van der Waals surface area contributed by atoms with Gasteiger partial charge in [0.2, 0.25) is 0 Å². The smallest absolute Gasteiger partial charge is 0.306 e. The van der Waals surface area contributed by atoms with Gasteiger partial charge in [0.1, 0.15) is 13.2 Å². The van der Waals surface area contributed by atoms with Crippen LogP contribution in [-0.2, 0) is 28.6 Å². The summed E-state index contributed by atoms with van der Waals surface area (Å²) < 4.78 is 16.9. The molecule has 0 aromatic heterocycles. The van der Waals surface area contributed by atoms with Crippen molar-refractivity contribution < 1.29 is 28.6 Å². The van der Waals surface area contributed by atoms with E-state index in [1.165, 1.54) is 161 Å². The molecule has 1 unspecified atom stereocenters. The molecule has 0 heterocycles. The van der Waals surface area contributed by atoms with Crippen LogP contribution in [0.3, 0.4) is 0 Å². The van der Waals surface area contributed by atoms with Crippen LogP contribution in [-0.4, -0.2) is 37.2 Å². The summed E-state index contributed by atoms with van der Waals surface area (Å²) in [5.41, 5.74) is 0. The highest BCUT2D eigenvalue weighted by molar-refractivity contribution is 5.71. The third-order valence-corrected chi connectivity index (χ3v) is 14.3. The number of carbonyl (C=O) groups excluding carboxylic acids is 3. The first-order valence-electron chi connectivity index (χ1n) is 33.2. The number of hydrogen-bond acceptors (Lipinski definition) is 6. The van der Waals surface area contributed by atoms with Gasteiger partial charge in [0.05, 0.1) is 0 Å². The molecule has 0 radical (unpaired) electrons. The zero-order valence-corrected chi connectivity index (χ0v) is 51.4. The van der Waals surface area contributed by atoms with Gasteiger partial charge in [-0.1, -0.05) is 279 Å². The van der Waals surface area contributed by atoms with Gasteiger partial charge in [-0.3, -0.25) is 14.4 Å². The number of carbonyl (C=O) groups is 3. The van der Waals surface area contributed by atoms with E-state index < -0.39 is 6.10 Å². The van der Waals surface area contributed by atoms with E-state index in [1.807, 2.05) is 0 Å². The minimum atomic E-state index is -0.798. The minimum Gasteiger partial charge on any atom is -0.462 e. The second-order valence-corrected chi connectivity index (χ2v) is 22.0. The standard InChI is InChI=1S/C72H124O6/c1-4-7-10-13-16-19-22-25-27-29-30-31-32-33-34-35-36-37-38-39-40-41-42-43-45-47-50-53-56-59-62-65-71(74)77-68-69(67-76-70(73)64-61-58-55-52-49-46-24-21-18-15-12-9-6-3)78-72(75)66-63-60-57-54-51-48-44-28-26-23-20-17-14-11-8-5-2/h9,12,18,20-23,25,28-30,32-33,44,46,49,69H,4-8,10-11,13-17,19,24,26-27,31,34-43,45,47-48,50-68H2,1-3H3/b12-9-,21-18-,23-20-,25-22-,30-29-,33-32-,44-28-,49-46-. The fraction of sp³-hybridized carbons (Fsp3) is 0.736. The van der Waals surface area contributed by atoms with Crippen LogP contribution in [0.2, 0.25) is 0 Å². The Labute approximate surface area is 483 Å². The van der Waals surface area contributed by atoms with Gasteiger partial charge < -0.3 is 14.2 Å². The molecule has 0 aliphatic carbocycles. The van der Waals surface area contributed by atoms with Crippen molar-refractivity contribution in [2.24, 2.45) is 0 Å². The van der Waals surface area contributed by atoms with Crippen LogP contribution in [0.5, 0.6) is 0 Å². The van der Waals surface area contributed by atoms with Crippen molar-refractivity contribution in [3.8, 4) is 0 Å². The maximum Gasteiger partial charge on any atom is 0.306 e. The van der Waals surface area contributed by atoms with Crippen LogP contribution in [0, 0.1) is 0 Å². The van der Waals surface area contributed by atoms with Crippen molar-refractivity contribution in [1.82, 2.24) is 0 Å². The Morgan fingerprint density at radius 3 is 0.808 bits per heavy atom. The molecule has 6 nitrogen and oxygen atoms in total. The van der Waals surface area contributed by atoms with E-state index in [9.17, 15) is 14.4 Å². The molecule has 0 aliphatic heterocycles. The lowest BCUT2D eigenvalue weighted by atomic mass is 10.0. The molecule has 0 aliphatic rings. The van der Waals surface area contributed by atoms with E-state index in [0.717, 1.165) is 122 Å². The fourth-order valence-corrected chi connectivity index (χ4v) is 9.32. The molecule has 6 heteroatoms. The van der Waals surface area contributed by atoms with Crippen molar-refractivity contribution in [1.29, 1.82) is 0 Å². The Kier molecular flexibility index (Phi) is 62.7. The number of unbranched alkanes of at least 4 members (excludes halogenated alkanes) is 33. The molecule has 0 saturated carbocycles. The number of ether oxygens (including phenoxy) is 3. The third-order valence-electron chi connectivity index (χ3n) is 14.3.